The van der Waals surface area contributed by atoms with E-state index in [0.717, 1.165) is 66.7 Å². The van der Waals surface area contributed by atoms with Gasteiger partial charge in [-0.15, -0.1) is 0 Å². The predicted octanol–water partition coefficient (Wildman–Crippen LogP) is 3.97. The highest BCUT2D eigenvalue weighted by atomic mass is 35.5. The lowest BCUT2D eigenvalue weighted by atomic mass is 10.00. The summed E-state index contributed by atoms with van der Waals surface area (Å²) in [6.07, 6.45) is 4.04. The molecule has 3 N–H and O–H groups in total. The summed E-state index contributed by atoms with van der Waals surface area (Å²) in [4.78, 5) is 7.01. The molecule has 0 saturated carbocycles. The summed E-state index contributed by atoms with van der Waals surface area (Å²) in [5, 5.41) is 4.18. The number of morpholine rings is 1. The number of hydrogen-bond acceptors (Lipinski definition) is 5. The fourth-order valence-corrected chi connectivity index (χ4v) is 3.89. The summed E-state index contributed by atoms with van der Waals surface area (Å²) in [5.41, 5.74) is 11.0. The van der Waals surface area contributed by atoms with Crippen LogP contribution in [0, 0.1) is 0 Å². The van der Waals surface area contributed by atoms with E-state index in [9.17, 15) is 4.39 Å². The number of nitrogens with one attached hydrogen (secondary N) is 1. The van der Waals surface area contributed by atoms with Crippen molar-refractivity contribution >= 4 is 28.8 Å². The maximum absolute atomic E-state index is 9.50. The van der Waals surface area contributed by atoms with Gasteiger partial charge in [-0.05, 0) is 13.0 Å². The molecular formula is C21H27ClFN5O. The number of fused-ring (bicyclic) bond motifs is 1. The van der Waals surface area contributed by atoms with Gasteiger partial charge in [0.05, 0.1) is 32.3 Å². The van der Waals surface area contributed by atoms with Crippen LogP contribution in [0.2, 0.25) is 5.02 Å². The molecule has 1 aliphatic heterocycles. The molecule has 2 aromatic heterocycles. The van der Waals surface area contributed by atoms with E-state index in [1.54, 1.807) is 0 Å². The summed E-state index contributed by atoms with van der Waals surface area (Å²) in [7, 11) is 0.500. The Hall–Kier alpha value is -2.35. The molecule has 1 aliphatic rings. The van der Waals surface area contributed by atoms with Gasteiger partial charge in [0.25, 0.3) is 0 Å². The third-order valence-corrected chi connectivity index (χ3v) is 5.27. The number of aromatic nitrogens is 2. The number of alkyl halides is 1. The lowest BCUT2D eigenvalue weighted by molar-refractivity contribution is 0.122. The van der Waals surface area contributed by atoms with Crippen LogP contribution in [0.1, 0.15) is 12.5 Å². The van der Waals surface area contributed by atoms with Crippen molar-refractivity contribution < 1.29 is 9.13 Å². The minimum absolute atomic E-state index is 0.402. The average molecular weight is 420 g/mol. The molecule has 8 heteroatoms. The van der Waals surface area contributed by atoms with Gasteiger partial charge in [-0.25, -0.2) is 4.98 Å². The van der Waals surface area contributed by atoms with Gasteiger partial charge in [-0.1, -0.05) is 29.8 Å². The van der Waals surface area contributed by atoms with Crippen molar-refractivity contribution in [1.29, 1.82) is 0 Å². The molecule has 0 unspecified atom stereocenters. The minimum atomic E-state index is 0.402. The Balaban J connectivity index is 0.00000117. The first-order valence-corrected chi connectivity index (χ1v) is 10.0. The lowest BCUT2D eigenvalue weighted by Gasteiger charge is -2.28. The highest BCUT2D eigenvalue weighted by Crippen LogP contribution is 2.37. The van der Waals surface area contributed by atoms with E-state index in [0.29, 0.717) is 18.7 Å². The third-order valence-electron chi connectivity index (χ3n) is 4.94. The van der Waals surface area contributed by atoms with Gasteiger partial charge in [0.1, 0.15) is 5.82 Å². The zero-order valence-electron chi connectivity index (χ0n) is 16.8. The van der Waals surface area contributed by atoms with Crippen LogP contribution in [-0.2, 0) is 11.3 Å². The number of nitrogens with zero attached hydrogens (tertiary/aromatic N) is 3. The van der Waals surface area contributed by atoms with E-state index < -0.39 is 0 Å². The monoisotopic (exact) mass is 419 g/mol. The SMILES string of the molecule is CCNc1c(CN)c(-c2ccccc2Cl)cn2c(N3CCOCC3)cnc12.CF. The molecule has 3 aromatic rings. The number of imidazole rings is 1. The van der Waals surface area contributed by atoms with E-state index >= 15 is 0 Å². The highest BCUT2D eigenvalue weighted by molar-refractivity contribution is 6.33. The number of ether oxygens (including phenoxy) is 1. The van der Waals surface area contributed by atoms with Gasteiger partial charge in [-0.3, -0.25) is 8.79 Å². The molecule has 0 aliphatic carbocycles. The normalized spacial score (nSPS) is 13.9. The summed E-state index contributed by atoms with van der Waals surface area (Å²) in [6, 6.07) is 7.87. The van der Waals surface area contributed by atoms with E-state index in [2.05, 4.69) is 27.7 Å². The van der Waals surface area contributed by atoms with Gasteiger partial charge in [0.15, 0.2) is 5.65 Å². The van der Waals surface area contributed by atoms with Crippen LogP contribution < -0.4 is 16.0 Å². The molecule has 29 heavy (non-hydrogen) atoms. The fraction of sp³-hybridized carbons (Fsp3) is 0.381. The first-order chi connectivity index (χ1) is 14.2. The Morgan fingerprint density at radius 3 is 2.59 bits per heavy atom. The van der Waals surface area contributed by atoms with Crippen LogP contribution in [0.15, 0.2) is 36.7 Å². The largest absolute Gasteiger partial charge is 0.382 e. The Morgan fingerprint density at radius 1 is 1.21 bits per heavy atom. The van der Waals surface area contributed by atoms with E-state index in [4.69, 9.17) is 27.1 Å². The minimum Gasteiger partial charge on any atom is -0.382 e. The molecule has 1 saturated heterocycles. The Morgan fingerprint density at radius 2 is 1.93 bits per heavy atom. The molecule has 4 rings (SSSR count). The number of nitrogens with two attached hydrogens (primary N) is 1. The summed E-state index contributed by atoms with van der Waals surface area (Å²) >= 11 is 6.52. The lowest BCUT2D eigenvalue weighted by Crippen LogP contribution is -2.36. The first kappa shape index (κ1) is 21.4. The number of pyridine rings is 1. The topological polar surface area (TPSA) is 67.8 Å². The van der Waals surface area contributed by atoms with Gasteiger partial charge in [-0.2, -0.15) is 0 Å². The Kier molecular flexibility index (Phi) is 7.30. The van der Waals surface area contributed by atoms with Crippen LogP contribution in [0.5, 0.6) is 0 Å². The zero-order chi connectivity index (χ0) is 20.8. The van der Waals surface area contributed by atoms with Crippen LogP contribution in [-0.4, -0.2) is 49.4 Å². The zero-order valence-corrected chi connectivity index (χ0v) is 17.5. The Bertz CT molecular complexity index is 956. The maximum atomic E-state index is 9.50. The molecular weight excluding hydrogens is 393 g/mol. The second kappa shape index (κ2) is 9.91. The number of hydrogen-bond donors (Lipinski definition) is 2. The number of rotatable bonds is 5. The van der Waals surface area contributed by atoms with Gasteiger partial charge in [0.2, 0.25) is 0 Å². The number of anilines is 2. The van der Waals surface area contributed by atoms with Crippen molar-refractivity contribution in [3.05, 3.63) is 47.2 Å². The van der Waals surface area contributed by atoms with Crippen molar-refractivity contribution in [2.45, 2.75) is 13.5 Å². The van der Waals surface area contributed by atoms with E-state index in [1.165, 1.54) is 0 Å². The van der Waals surface area contributed by atoms with Crippen molar-refractivity contribution in [2.24, 2.45) is 5.73 Å². The summed E-state index contributed by atoms with van der Waals surface area (Å²) < 4.78 is 17.1. The molecule has 0 spiro atoms. The predicted molar refractivity (Wildman–Crippen MR) is 118 cm³/mol. The smallest absolute Gasteiger partial charge is 0.162 e. The maximum Gasteiger partial charge on any atom is 0.162 e. The summed E-state index contributed by atoms with van der Waals surface area (Å²) in [6.45, 7) is 6.42. The molecule has 156 valence electrons. The van der Waals surface area contributed by atoms with Crippen molar-refractivity contribution in [3.8, 4) is 11.1 Å². The molecule has 0 amide bonds. The van der Waals surface area contributed by atoms with Gasteiger partial charge >= 0.3 is 0 Å². The molecule has 6 nitrogen and oxygen atoms in total. The standard InChI is InChI=1S/C20H24ClN5O.CH3F/c1-2-23-19-15(11-22)16(14-5-3-4-6-17(14)21)13-26-18(12-24-20(19)26)25-7-9-27-10-8-25;1-2/h3-6,12-13,23H,2,7-11,22H2,1H3;1H3. The molecule has 1 fully saturated rings. The van der Waals surface area contributed by atoms with E-state index in [-0.39, 0.29) is 0 Å². The van der Waals surface area contributed by atoms with Crippen LogP contribution in [0.25, 0.3) is 16.8 Å². The molecule has 0 bridgehead atoms. The molecule has 1 aromatic carbocycles. The van der Waals surface area contributed by atoms with Gasteiger partial charge in [0, 0.05) is 54.1 Å². The van der Waals surface area contributed by atoms with Crippen LogP contribution in [0.3, 0.4) is 0 Å². The van der Waals surface area contributed by atoms with Crippen LogP contribution >= 0.6 is 11.6 Å². The number of halogens is 2. The fourth-order valence-electron chi connectivity index (χ4n) is 3.65. The second-order valence-corrected chi connectivity index (χ2v) is 6.93. The quantitative estimate of drug-likeness (QED) is 0.655. The highest BCUT2D eigenvalue weighted by Gasteiger charge is 2.21. The van der Waals surface area contributed by atoms with Crippen molar-refractivity contribution in [1.82, 2.24) is 9.38 Å². The first-order valence-electron chi connectivity index (χ1n) is 9.66. The molecule has 0 radical (unpaired) electrons. The molecule has 3 heterocycles. The average Bonchev–Trinajstić information content (AvgIpc) is 3.20. The van der Waals surface area contributed by atoms with Crippen LogP contribution in [0.4, 0.5) is 15.9 Å². The van der Waals surface area contributed by atoms with E-state index in [1.807, 2.05) is 30.5 Å². The molecule has 0 atom stereocenters. The van der Waals surface area contributed by atoms with Crippen molar-refractivity contribution in [3.63, 3.8) is 0 Å². The second-order valence-electron chi connectivity index (χ2n) is 6.52. The van der Waals surface area contributed by atoms with Crippen molar-refractivity contribution in [2.75, 3.05) is 50.2 Å². The van der Waals surface area contributed by atoms with Gasteiger partial charge < -0.3 is 20.7 Å². The Labute approximate surface area is 175 Å². The summed E-state index contributed by atoms with van der Waals surface area (Å²) in [5.74, 6) is 1.06. The number of benzene rings is 1. The third kappa shape index (κ3) is 4.17.